The lowest BCUT2D eigenvalue weighted by molar-refractivity contribution is -0.386. The molecule has 0 radical (unpaired) electrons. The van der Waals surface area contributed by atoms with Crippen LogP contribution in [0.25, 0.3) is 0 Å². The van der Waals surface area contributed by atoms with E-state index in [1.54, 1.807) is 20.0 Å². The molecule has 1 aromatic heterocycles. The largest absolute Gasteiger partial charge is 0.311 e. The van der Waals surface area contributed by atoms with E-state index in [1.165, 1.54) is 12.8 Å². The molecular formula is C15H24N4O2. The zero-order chi connectivity index (χ0) is 15.4. The Bertz CT molecular complexity index is 511. The molecule has 2 heterocycles. The Hall–Kier alpha value is -1.53. The van der Waals surface area contributed by atoms with Crippen LogP contribution in [0.2, 0.25) is 0 Å². The fraction of sp³-hybridized carbons (Fsp3) is 0.667. The molecule has 21 heavy (non-hydrogen) atoms. The summed E-state index contributed by atoms with van der Waals surface area (Å²) in [5.74, 6) is 0.696. The van der Waals surface area contributed by atoms with E-state index < -0.39 is 0 Å². The summed E-state index contributed by atoms with van der Waals surface area (Å²) in [6.45, 7) is 7.37. The fourth-order valence-electron chi connectivity index (χ4n) is 2.89. The smallest absolute Gasteiger partial charge is 0.278 e. The number of aromatic nitrogens is 1. The highest BCUT2D eigenvalue weighted by molar-refractivity contribution is 5.47. The highest BCUT2D eigenvalue weighted by Gasteiger charge is 2.19. The molecular weight excluding hydrogens is 268 g/mol. The molecule has 0 saturated carbocycles. The van der Waals surface area contributed by atoms with Gasteiger partial charge in [-0.15, -0.1) is 0 Å². The van der Waals surface area contributed by atoms with Crippen LogP contribution in [0.4, 0.5) is 5.69 Å². The summed E-state index contributed by atoms with van der Waals surface area (Å²) in [5.41, 5.74) is 2.27. The Kier molecular flexibility index (Phi) is 5.25. The Labute approximate surface area is 125 Å². The van der Waals surface area contributed by atoms with E-state index >= 15 is 0 Å². The summed E-state index contributed by atoms with van der Waals surface area (Å²) < 4.78 is 0. The first kappa shape index (κ1) is 15.9. The summed E-state index contributed by atoms with van der Waals surface area (Å²) >= 11 is 0. The molecule has 116 valence electrons. The van der Waals surface area contributed by atoms with Crippen LogP contribution in [0.5, 0.6) is 0 Å². The minimum atomic E-state index is -0.313. The average molecular weight is 292 g/mol. The van der Waals surface area contributed by atoms with Crippen molar-refractivity contribution in [3.63, 3.8) is 0 Å². The van der Waals surface area contributed by atoms with E-state index in [0.29, 0.717) is 23.6 Å². The van der Waals surface area contributed by atoms with Crippen LogP contribution in [0.15, 0.2) is 6.20 Å². The van der Waals surface area contributed by atoms with Gasteiger partial charge in [0.05, 0.1) is 10.6 Å². The van der Waals surface area contributed by atoms with Crippen molar-refractivity contribution in [2.75, 3.05) is 26.7 Å². The van der Waals surface area contributed by atoms with Gasteiger partial charge in [-0.3, -0.25) is 15.1 Å². The van der Waals surface area contributed by atoms with Crippen molar-refractivity contribution in [2.24, 2.45) is 5.92 Å². The normalized spacial score (nSPS) is 17.1. The maximum atomic E-state index is 11.1. The lowest BCUT2D eigenvalue weighted by atomic mass is 9.97. The summed E-state index contributed by atoms with van der Waals surface area (Å²) in [7, 11) is 2.16. The SMILES string of the molecule is Cc1cnc(CNCC2CCN(C)CC2)c(C)c1[N+](=O)[O-]. The third-order valence-electron chi connectivity index (χ3n) is 4.32. The number of piperidine rings is 1. The molecule has 1 aliphatic heterocycles. The molecule has 1 saturated heterocycles. The van der Waals surface area contributed by atoms with Crippen LogP contribution in [-0.4, -0.2) is 41.5 Å². The van der Waals surface area contributed by atoms with E-state index in [4.69, 9.17) is 0 Å². The van der Waals surface area contributed by atoms with E-state index in [0.717, 1.165) is 25.3 Å². The molecule has 0 aromatic carbocycles. The van der Waals surface area contributed by atoms with Crippen molar-refractivity contribution in [1.82, 2.24) is 15.2 Å². The zero-order valence-electron chi connectivity index (χ0n) is 13.1. The minimum absolute atomic E-state index is 0.195. The number of nitrogens with zero attached hydrogens (tertiary/aromatic N) is 3. The molecule has 1 N–H and O–H groups in total. The Morgan fingerprint density at radius 3 is 2.71 bits per heavy atom. The Balaban J connectivity index is 1.92. The molecule has 0 unspecified atom stereocenters. The molecule has 6 heteroatoms. The van der Waals surface area contributed by atoms with Gasteiger partial charge in [0.15, 0.2) is 0 Å². The fourth-order valence-corrected chi connectivity index (χ4v) is 2.89. The quantitative estimate of drug-likeness (QED) is 0.664. The van der Waals surface area contributed by atoms with Gasteiger partial charge in [0, 0.05) is 23.9 Å². The van der Waals surface area contributed by atoms with Crippen molar-refractivity contribution < 1.29 is 4.92 Å². The minimum Gasteiger partial charge on any atom is -0.311 e. The second-order valence-corrected chi connectivity index (χ2v) is 6.00. The first-order chi connectivity index (χ1) is 9.99. The number of nitrogens with one attached hydrogen (secondary N) is 1. The van der Waals surface area contributed by atoms with Crippen molar-refractivity contribution in [2.45, 2.75) is 33.2 Å². The van der Waals surface area contributed by atoms with Gasteiger partial charge >= 0.3 is 0 Å². The Morgan fingerprint density at radius 2 is 2.10 bits per heavy atom. The van der Waals surface area contributed by atoms with Crippen LogP contribution >= 0.6 is 0 Å². The number of pyridine rings is 1. The average Bonchev–Trinajstić information content (AvgIpc) is 2.43. The van der Waals surface area contributed by atoms with Crippen LogP contribution < -0.4 is 5.32 Å². The van der Waals surface area contributed by atoms with Gasteiger partial charge in [-0.05, 0) is 59.3 Å². The number of rotatable bonds is 5. The maximum absolute atomic E-state index is 11.1. The molecule has 0 amide bonds. The van der Waals surface area contributed by atoms with Gasteiger partial charge in [0.25, 0.3) is 5.69 Å². The molecule has 0 atom stereocenters. The predicted octanol–water partition coefficient (Wildman–Crippen LogP) is 2.04. The van der Waals surface area contributed by atoms with Crippen LogP contribution in [0.3, 0.4) is 0 Å². The summed E-state index contributed by atoms with van der Waals surface area (Å²) in [4.78, 5) is 17.5. The molecule has 0 bridgehead atoms. The molecule has 1 aromatic rings. The second-order valence-electron chi connectivity index (χ2n) is 6.00. The predicted molar refractivity (Wildman–Crippen MR) is 82.3 cm³/mol. The van der Waals surface area contributed by atoms with E-state index in [-0.39, 0.29) is 10.6 Å². The van der Waals surface area contributed by atoms with Gasteiger partial charge in [0.2, 0.25) is 0 Å². The number of aryl methyl sites for hydroxylation is 1. The van der Waals surface area contributed by atoms with Gasteiger partial charge in [0.1, 0.15) is 0 Å². The lowest BCUT2D eigenvalue weighted by Gasteiger charge is -2.29. The first-order valence-corrected chi connectivity index (χ1v) is 7.47. The standard InChI is InChI=1S/C15H24N4O2/c1-11-8-17-14(12(2)15(11)19(20)21)10-16-9-13-4-6-18(3)7-5-13/h8,13,16H,4-7,9-10H2,1-3H3. The van der Waals surface area contributed by atoms with Crippen molar-refractivity contribution in [3.8, 4) is 0 Å². The lowest BCUT2D eigenvalue weighted by Crippen LogP contribution is -2.35. The third kappa shape index (κ3) is 3.98. The van der Waals surface area contributed by atoms with Gasteiger partial charge in [-0.1, -0.05) is 0 Å². The van der Waals surface area contributed by atoms with Crippen molar-refractivity contribution in [3.05, 3.63) is 33.1 Å². The second kappa shape index (κ2) is 6.95. The molecule has 6 nitrogen and oxygen atoms in total. The van der Waals surface area contributed by atoms with Crippen molar-refractivity contribution >= 4 is 5.69 Å². The van der Waals surface area contributed by atoms with Crippen LogP contribution in [0, 0.1) is 29.9 Å². The van der Waals surface area contributed by atoms with Crippen molar-refractivity contribution in [1.29, 1.82) is 0 Å². The zero-order valence-corrected chi connectivity index (χ0v) is 13.1. The van der Waals surface area contributed by atoms with Gasteiger partial charge < -0.3 is 10.2 Å². The first-order valence-electron chi connectivity index (χ1n) is 7.47. The summed E-state index contributed by atoms with van der Waals surface area (Å²) in [5, 5.41) is 14.5. The van der Waals surface area contributed by atoms with E-state index in [2.05, 4.69) is 22.2 Å². The number of hydrogen-bond acceptors (Lipinski definition) is 5. The number of likely N-dealkylation sites (tertiary alicyclic amines) is 1. The molecule has 1 aliphatic rings. The number of nitro groups is 1. The van der Waals surface area contributed by atoms with Crippen LogP contribution in [0.1, 0.15) is 29.7 Å². The van der Waals surface area contributed by atoms with E-state index in [1.807, 2.05) is 0 Å². The highest BCUT2D eigenvalue weighted by atomic mass is 16.6. The monoisotopic (exact) mass is 292 g/mol. The topological polar surface area (TPSA) is 71.3 Å². The molecule has 1 fully saturated rings. The molecule has 2 rings (SSSR count). The van der Waals surface area contributed by atoms with Crippen LogP contribution in [-0.2, 0) is 6.54 Å². The van der Waals surface area contributed by atoms with E-state index in [9.17, 15) is 10.1 Å². The highest BCUT2D eigenvalue weighted by Crippen LogP contribution is 2.24. The molecule has 0 aliphatic carbocycles. The molecule has 0 spiro atoms. The Morgan fingerprint density at radius 1 is 1.43 bits per heavy atom. The summed E-state index contributed by atoms with van der Waals surface area (Å²) in [6, 6.07) is 0. The van der Waals surface area contributed by atoms with Gasteiger partial charge in [-0.2, -0.15) is 0 Å². The van der Waals surface area contributed by atoms with Gasteiger partial charge in [-0.25, -0.2) is 0 Å². The summed E-state index contributed by atoms with van der Waals surface area (Å²) in [6.07, 6.45) is 4.02. The maximum Gasteiger partial charge on any atom is 0.278 e. The number of hydrogen-bond donors (Lipinski definition) is 1. The third-order valence-corrected chi connectivity index (χ3v) is 4.32.